The van der Waals surface area contributed by atoms with Gasteiger partial charge in [-0.05, 0) is 55.6 Å². The Kier molecular flexibility index (Phi) is 3.61. The topological polar surface area (TPSA) is 69.6 Å². The average Bonchev–Trinajstić information content (AvgIpc) is 3.57. The maximum atomic E-state index is 5.53. The van der Waals surface area contributed by atoms with Crippen LogP contribution in [-0.2, 0) is 12.8 Å². The van der Waals surface area contributed by atoms with E-state index in [0.29, 0.717) is 12.2 Å². The van der Waals surface area contributed by atoms with Crippen LogP contribution < -0.4 is 0 Å². The molecule has 2 aromatic heterocycles. The van der Waals surface area contributed by atoms with Crippen LogP contribution in [0.1, 0.15) is 43.2 Å². The van der Waals surface area contributed by atoms with Crippen molar-refractivity contribution in [2.24, 2.45) is 17.8 Å². The van der Waals surface area contributed by atoms with Crippen LogP contribution >= 0.6 is 0 Å². The Morgan fingerprint density at radius 2 is 1.84 bits per heavy atom. The summed E-state index contributed by atoms with van der Waals surface area (Å²) >= 11 is 0. The van der Waals surface area contributed by atoms with Gasteiger partial charge in [-0.25, -0.2) is 0 Å². The Balaban J connectivity index is 1.31. The highest BCUT2D eigenvalue weighted by Crippen LogP contribution is 2.50. The van der Waals surface area contributed by atoms with Crippen LogP contribution in [0.15, 0.2) is 41.2 Å². The van der Waals surface area contributed by atoms with Crippen molar-refractivity contribution in [3.63, 3.8) is 0 Å². The molecular weight excluding hydrogens is 314 g/mol. The fraction of sp³-hybridized carbons (Fsp3) is 0.474. The molecule has 0 radical (unpaired) electrons. The minimum atomic E-state index is 0.524. The predicted octanol–water partition coefficient (Wildman–Crippen LogP) is 3.22. The van der Waals surface area contributed by atoms with E-state index in [1.807, 2.05) is 34.9 Å². The molecule has 0 saturated heterocycles. The summed E-state index contributed by atoms with van der Waals surface area (Å²) in [5.74, 6) is 4.82. The van der Waals surface area contributed by atoms with Gasteiger partial charge in [0.1, 0.15) is 12.2 Å². The monoisotopic (exact) mass is 335 g/mol. The molecule has 25 heavy (non-hydrogen) atoms. The first-order valence-electron chi connectivity index (χ1n) is 9.12. The summed E-state index contributed by atoms with van der Waals surface area (Å²) in [5.41, 5.74) is 1.04. The van der Waals surface area contributed by atoms with Crippen LogP contribution in [0.25, 0.3) is 5.69 Å². The Hall–Kier alpha value is -2.50. The average molecular weight is 335 g/mol. The zero-order chi connectivity index (χ0) is 16.6. The van der Waals surface area contributed by atoms with Gasteiger partial charge < -0.3 is 4.52 Å². The van der Waals surface area contributed by atoms with E-state index in [1.54, 1.807) is 6.33 Å². The van der Waals surface area contributed by atoms with Gasteiger partial charge in [0.2, 0.25) is 5.89 Å². The summed E-state index contributed by atoms with van der Waals surface area (Å²) in [6.07, 6.45) is 8.70. The SMILES string of the molecule is c1ccc(-n2cnnc2Cc2noc(CC(C3CC3)C3CC3)n2)cc1. The number of rotatable bonds is 7. The second kappa shape index (κ2) is 6.10. The summed E-state index contributed by atoms with van der Waals surface area (Å²) in [6, 6.07) is 10.1. The molecular formula is C19H21N5O. The first kappa shape index (κ1) is 14.8. The lowest BCUT2D eigenvalue weighted by molar-refractivity contribution is 0.317. The molecule has 2 aliphatic carbocycles. The van der Waals surface area contributed by atoms with Gasteiger partial charge in [-0.2, -0.15) is 4.98 Å². The summed E-state index contributed by atoms with van der Waals surface area (Å²) in [7, 11) is 0. The largest absolute Gasteiger partial charge is 0.339 e. The second-order valence-corrected chi connectivity index (χ2v) is 7.28. The van der Waals surface area contributed by atoms with Gasteiger partial charge in [0.15, 0.2) is 5.82 Å². The van der Waals surface area contributed by atoms with E-state index in [2.05, 4.69) is 20.3 Å². The van der Waals surface area contributed by atoms with Crippen molar-refractivity contribution >= 4 is 0 Å². The van der Waals surface area contributed by atoms with Crippen molar-refractivity contribution in [2.45, 2.75) is 38.5 Å². The van der Waals surface area contributed by atoms with Crippen LogP contribution in [-0.4, -0.2) is 24.9 Å². The number of hydrogen-bond acceptors (Lipinski definition) is 5. The van der Waals surface area contributed by atoms with Gasteiger partial charge in [-0.15, -0.1) is 10.2 Å². The van der Waals surface area contributed by atoms with Crippen LogP contribution in [0, 0.1) is 17.8 Å². The molecule has 2 heterocycles. The molecule has 2 aliphatic rings. The van der Waals surface area contributed by atoms with E-state index in [9.17, 15) is 0 Å². The molecule has 0 amide bonds. The molecule has 0 atom stereocenters. The van der Waals surface area contributed by atoms with Gasteiger partial charge in [-0.1, -0.05) is 23.4 Å². The summed E-state index contributed by atoms with van der Waals surface area (Å²) < 4.78 is 7.49. The summed E-state index contributed by atoms with van der Waals surface area (Å²) in [5, 5.41) is 12.4. The number of nitrogens with zero attached hydrogens (tertiary/aromatic N) is 5. The Labute approximate surface area is 146 Å². The van der Waals surface area contributed by atoms with Crippen molar-refractivity contribution < 1.29 is 4.52 Å². The Morgan fingerprint density at radius 1 is 1.08 bits per heavy atom. The predicted molar refractivity (Wildman–Crippen MR) is 91.1 cm³/mol. The molecule has 0 aliphatic heterocycles. The molecule has 1 aromatic carbocycles. The third-order valence-electron chi connectivity index (χ3n) is 5.34. The molecule has 0 spiro atoms. The lowest BCUT2D eigenvalue weighted by Gasteiger charge is -2.11. The van der Waals surface area contributed by atoms with Crippen LogP contribution in [0.5, 0.6) is 0 Å². The minimum absolute atomic E-state index is 0.524. The summed E-state index contributed by atoms with van der Waals surface area (Å²) in [6.45, 7) is 0. The number of benzene rings is 1. The zero-order valence-electron chi connectivity index (χ0n) is 14.1. The molecule has 128 valence electrons. The smallest absolute Gasteiger partial charge is 0.226 e. The molecule has 0 N–H and O–H groups in total. The van der Waals surface area contributed by atoms with E-state index in [-0.39, 0.29) is 0 Å². The quantitative estimate of drug-likeness (QED) is 0.663. The van der Waals surface area contributed by atoms with Gasteiger partial charge in [0, 0.05) is 12.1 Å². The van der Waals surface area contributed by atoms with Gasteiger partial charge >= 0.3 is 0 Å². The fourth-order valence-corrected chi connectivity index (χ4v) is 3.74. The van der Waals surface area contributed by atoms with Gasteiger partial charge in [0.25, 0.3) is 0 Å². The number of aromatic nitrogens is 5. The van der Waals surface area contributed by atoms with Crippen LogP contribution in [0.4, 0.5) is 0 Å². The molecule has 3 aromatic rings. The molecule has 2 fully saturated rings. The lowest BCUT2D eigenvalue weighted by Crippen LogP contribution is -2.10. The maximum absolute atomic E-state index is 5.53. The van der Waals surface area contributed by atoms with E-state index < -0.39 is 0 Å². The van der Waals surface area contributed by atoms with E-state index in [4.69, 9.17) is 4.52 Å². The highest BCUT2D eigenvalue weighted by atomic mass is 16.5. The Morgan fingerprint density at radius 3 is 2.56 bits per heavy atom. The van der Waals surface area contributed by atoms with E-state index >= 15 is 0 Å². The van der Waals surface area contributed by atoms with Crippen molar-refractivity contribution in [2.75, 3.05) is 0 Å². The Bertz CT molecular complexity index is 836. The van der Waals surface area contributed by atoms with Crippen molar-refractivity contribution in [1.82, 2.24) is 24.9 Å². The second-order valence-electron chi connectivity index (χ2n) is 7.28. The van der Waals surface area contributed by atoms with E-state index in [1.165, 1.54) is 25.7 Å². The highest BCUT2D eigenvalue weighted by molar-refractivity contribution is 5.32. The first-order chi connectivity index (χ1) is 12.4. The van der Waals surface area contributed by atoms with Crippen molar-refractivity contribution in [1.29, 1.82) is 0 Å². The lowest BCUT2D eigenvalue weighted by atomic mass is 9.94. The molecule has 6 nitrogen and oxygen atoms in total. The molecule has 6 heteroatoms. The van der Waals surface area contributed by atoms with Crippen molar-refractivity contribution in [3.8, 4) is 5.69 Å². The molecule has 5 rings (SSSR count). The van der Waals surface area contributed by atoms with Gasteiger partial charge in [0.05, 0.1) is 6.42 Å². The first-order valence-corrected chi connectivity index (χ1v) is 9.12. The molecule has 0 unspecified atom stereocenters. The number of hydrogen-bond donors (Lipinski definition) is 0. The number of para-hydroxylation sites is 1. The maximum Gasteiger partial charge on any atom is 0.226 e. The van der Waals surface area contributed by atoms with Crippen LogP contribution in [0.2, 0.25) is 0 Å². The van der Waals surface area contributed by atoms with Gasteiger partial charge in [-0.3, -0.25) is 4.57 Å². The van der Waals surface area contributed by atoms with Crippen LogP contribution in [0.3, 0.4) is 0 Å². The third kappa shape index (κ3) is 3.21. The van der Waals surface area contributed by atoms with Crippen molar-refractivity contribution in [3.05, 3.63) is 54.2 Å². The molecule has 0 bridgehead atoms. The van der Waals surface area contributed by atoms with E-state index in [0.717, 1.165) is 41.6 Å². The normalized spacial score (nSPS) is 17.3. The molecule has 2 saturated carbocycles. The summed E-state index contributed by atoms with van der Waals surface area (Å²) in [4.78, 5) is 4.62. The fourth-order valence-electron chi connectivity index (χ4n) is 3.74. The third-order valence-corrected chi connectivity index (χ3v) is 5.34. The minimum Gasteiger partial charge on any atom is -0.339 e. The zero-order valence-corrected chi connectivity index (χ0v) is 14.1. The highest BCUT2D eigenvalue weighted by Gasteiger charge is 2.42. The standard InChI is InChI=1S/C19H21N5O/c1-2-4-15(5-3-1)24-12-20-22-18(24)11-17-21-19(25-23-17)10-16(13-6-7-13)14-8-9-14/h1-5,12-14,16H,6-11H2.